The van der Waals surface area contributed by atoms with Gasteiger partial charge in [-0.05, 0) is 31.0 Å². The molecule has 2 aromatic rings. The summed E-state index contributed by atoms with van der Waals surface area (Å²) >= 11 is 0. The second-order valence-electron chi connectivity index (χ2n) is 6.23. The molecule has 4 nitrogen and oxygen atoms in total. The minimum atomic E-state index is -4.94. The Morgan fingerprint density at radius 3 is 2.33 bits per heavy atom. The molecule has 0 saturated heterocycles. The summed E-state index contributed by atoms with van der Waals surface area (Å²) in [5.74, 6) is -0.0874. The minimum Gasteiger partial charge on any atom is -0.496 e. The van der Waals surface area contributed by atoms with Gasteiger partial charge in [-0.2, -0.15) is 13.2 Å². The van der Waals surface area contributed by atoms with E-state index in [0.717, 1.165) is 6.54 Å². The van der Waals surface area contributed by atoms with E-state index < -0.39 is 11.8 Å². The van der Waals surface area contributed by atoms with Gasteiger partial charge in [-0.3, -0.25) is 0 Å². The molecule has 0 aliphatic heterocycles. The van der Waals surface area contributed by atoms with Crippen LogP contribution >= 0.6 is 0 Å². The van der Waals surface area contributed by atoms with Crippen LogP contribution in [-0.4, -0.2) is 43.2 Å². The Labute approximate surface area is 156 Å². The Hall–Kier alpha value is -2.54. The monoisotopic (exact) mass is 380 g/mol. The van der Waals surface area contributed by atoms with Crippen molar-refractivity contribution in [3.63, 3.8) is 0 Å². The van der Waals surface area contributed by atoms with Crippen molar-refractivity contribution in [3.05, 3.63) is 59.2 Å². The molecule has 0 saturated carbocycles. The number of rotatable bonds is 6. The smallest absolute Gasteiger partial charge is 0.425 e. The maximum atomic E-state index is 14.0. The summed E-state index contributed by atoms with van der Waals surface area (Å²) in [6.45, 7) is 4.33. The number of nitrogens with zero attached hydrogens (tertiary/aromatic N) is 2. The standard InChI is InChI=1S/C20H23F3N2O2/c1-5-25(3)13-24-17-12-18(27-4)16(11-14(17)2)19(26,20(21,22)23)15-9-7-6-8-10-15/h6-13,26H,5H2,1-4H3/t19-/m1/s1. The number of aryl methyl sites for hydroxylation is 1. The Morgan fingerprint density at radius 2 is 1.81 bits per heavy atom. The lowest BCUT2D eigenvalue weighted by atomic mass is 9.84. The van der Waals surface area contributed by atoms with Gasteiger partial charge in [0.05, 0.1) is 19.1 Å². The molecule has 1 atom stereocenters. The van der Waals surface area contributed by atoms with Gasteiger partial charge in [-0.1, -0.05) is 30.3 Å². The molecular weight excluding hydrogens is 357 g/mol. The van der Waals surface area contributed by atoms with E-state index in [9.17, 15) is 18.3 Å². The number of hydrogen-bond acceptors (Lipinski definition) is 3. The van der Waals surface area contributed by atoms with E-state index in [4.69, 9.17) is 4.74 Å². The molecule has 2 aromatic carbocycles. The first-order valence-electron chi connectivity index (χ1n) is 8.43. The van der Waals surface area contributed by atoms with Crippen molar-refractivity contribution in [2.45, 2.75) is 25.6 Å². The second kappa shape index (κ2) is 8.00. The van der Waals surface area contributed by atoms with Crippen molar-refractivity contribution in [1.82, 2.24) is 4.90 Å². The summed E-state index contributed by atoms with van der Waals surface area (Å²) in [4.78, 5) is 6.13. The average molecular weight is 380 g/mol. The lowest BCUT2D eigenvalue weighted by Crippen LogP contribution is -2.43. The van der Waals surface area contributed by atoms with Crippen molar-refractivity contribution in [1.29, 1.82) is 0 Å². The normalized spacial score (nSPS) is 14.2. The van der Waals surface area contributed by atoms with E-state index in [1.54, 1.807) is 19.3 Å². The van der Waals surface area contributed by atoms with Crippen LogP contribution in [0.15, 0.2) is 47.5 Å². The third kappa shape index (κ3) is 4.08. The maximum Gasteiger partial charge on any atom is 0.425 e. The average Bonchev–Trinajstić information content (AvgIpc) is 2.65. The first-order valence-corrected chi connectivity index (χ1v) is 8.43. The molecule has 0 unspecified atom stereocenters. The topological polar surface area (TPSA) is 45.1 Å². The summed E-state index contributed by atoms with van der Waals surface area (Å²) in [7, 11) is 3.10. The predicted octanol–water partition coefficient (Wildman–Crippen LogP) is 4.41. The van der Waals surface area contributed by atoms with Crippen LogP contribution in [0.2, 0.25) is 0 Å². The summed E-state index contributed by atoms with van der Waals surface area (Å²) in [6.07, 6.45) is -3.35. The van der Waals surface area contributed by atoms with E-state index in [1.165, 1.54) is 43.5 Å². The molecule has 0 aliphatic carbocycles. The highest BCUT2D eigenvalue weighted by Crippen LogP contribution is 2.48. The maximum absolute atomic E-state index is 14.0. The summed E-state index contributed by atoms with van der Waals surface area (Å²) in [5, 5.41) is 10.8. The summed E-state index contributed by atoms with van der Waals surface area (Å²) in [5.41, 5.74) is -2.90. The number of aliphatic hydroxyl groups is 1. The summed E-state index contributed by atoms with van der Waals surface area (Å²) in [6, 6.07) is 9.65. The van der Waals surface area contributed by atoms with Gasteiger partial charge in [0, 0.05) is 25.2 Å². The highest BCUT2D eigenvalue weighted by atomic mass is 19.4. The fourth-order valence-corrected chi connectivity index (χ4v) is 2.66. The first kappa shape index (κ1) is 20.8. The van der Waals surface area contributed by atoms with Gasteiger partial charge in [0.2, 0.25) is 5.60 Å². The van der Waals surface area contributed by atoms with Gasteiger partial charge >= 0.3 is 6.18 Å². The van der Waals surface area contributed by atoms with Crippen molar-refractivity contribution >= 4 is 12.0 Å². The molecular formula is C20H23F3N2O2. The zero-order valence-electron chi connectivity index (χ0n) is 15.7. The molecule has 27 heavy (non-hydrogen) atoms. The van der Waals surface area contributed by atoms with Crippen LogP contribution in [0, 0.1) is 6.92 Å². The van der Waals surface area contributed by atoms with Crippen LogP contribution in [0.1, 0.15) is 23.6 Å². The van der Waals surface area contributed by atoms with Gasteiger partial charge in [0.15, 0.2) is 0 Å². The Balaban J connectivity index is 2.68. The number of alkyl halides is 3. The van der Waals surface area contributed by atoms with Gasteiger partial charge < -0.3 is 14.7 Å². The predicted molar refractivity (Wildman–Crippen MR) is 99.7 cm³/mol. The molecule has 0 radical (unpaired) electrons. The van der Waals surface area contributed by atoms with Crippen molar-refractivity contribution in [3.8, 4) is 5.75 Å². The molecule has 7 heteroatoms. The lowest BCUT2D eigenvalue weighted by molar-refractivity contribution is -0.248. The van der Waals surface area contributed by atoms with Crippen molar-refractivity contribution < 1.29 is 23.0 Å². The van der Waals surface area contributed by atoms with Gasteiger partial charge in [0.1, 0.15) is 5.75 Å². The Kier molecular flexibility index (Phi) is 6.15. The SMILES string of the molecule is CCN(C)C=Nc1cc(OC)c([C@](O)(c2ccccc2)C(F)(F)F)cc1C. The quantitative estimate of drug-likeness (QED) is 0.596. The van der Waals surface area contributed by atoms with Gasteiger partial charge in [-0.25, -0.2) is 4.99 Å². The molecule has 0 fully saturated rings. The zero-order chi connectivity index (χ0) is 20.2. The third-order valence-corrected chi connectivity index (χ3v) is 4.40. The Morgan fingerprint density at radius 1 is 1.19 bits per heavy atom. The van der Waals surface area contributed by atoms with Gasteiger partial charge in [-0.15, -0.1) is 0 Å². The van der Waals surface area contributed by atoms with Crippen molar-refractivity contribution in [2.75, 3.05) is 20.7 Å². The molecule has 2 rings (SSSR count). The number of ether oxygens (including phenoxy) is 1. The van der Waals surface area contributed by atoms with E-state index in [2.05, 4.69) is 4.99 Å². The minimum absolute atomic E-state index is 0.0874. The van der Waals surface area contributed by atoms with Crippen molar-refractivity contribution in [2.24, 2.45) is 4.99 Å². The summed E-state index contributed by atoms with van der Waals surface area (Å²) < 4.78 is 47.1. The third-order valence-electron chi connectivity index (χ3n) is 4.40. The van der Waals surface area contributed by atoms with Crippen LogP contribution in [0.4, 0.5) is 18.9 Å². The van der Waals surface area contributed by atoms with Crippen LogP contribution in [0.25, 0.3) is 0 Å². The molecule has 0 spiro atoms. The fraction of sp³-hybridized carbons (Fsp3) is 0.350. The molecule has 0 bridgehead atoms. The fourth-order valence-electron chi connectivity index (χ4n) is 2.66. The van der Waals surface area contributed by atoms with Crippen LogP contribution in [0.5, 0.6) is 5.75 Å². The molecule has 1 N–H and O–H groups in total. The van der Waals surface area contributed by atoms with Gasteiger partial charge in [0.25, 0.3) is 0 Å². The molecule has 146 valence electrons. The number of aliphatic imine (C=N–C) groups is 1. The highest BCUT2D eigenvalue weighted by molar-refractivity contribution is 5.66. The lowest BCUT2D eigenvalue weighted by Gasteiger charge is -2.33. The first-order chi connectivity index (χ1) is 12.6. The molecule has 0 amide bonds. The van der Waals surface area contributed by atoms with Crippen LogP contribution in [0.3, 0.4) is 0 Å². The molecule has 0 aliphatic rings. The number of halogens is 3. The largest absolute Gasteiger partial charge is 0.496 e. The number of hydrogen-bond donors (Lipinski definition) is 1. The molecule has 0 aromatic heterocycles. The second-order valence-corrected chi connectivity index (χ2v) is 6.23. The van der Waals surface area contributed by atoms with E-state index in [0.29, 0.717) is 11.3 Å². The highest BCUT2D eigenvalue weighted by Gasteiger charge is 2.57. The van der Waals surface area contributed by atoms with Crippen LogP contribution in [-0.2, 0) is 5.60 Å². The molecule has 0 heterocycles. The number of methoxy groups -OCH3 is 1. The Bertz CT molecular complexity index is 807. The zero-order valence-corrected chi connectivity index (χ0v) is 15.7. The van der Waals surface area contributed by atoms with E-state index in [-0.39, 0.29) is 16.9 Å². The van der Waals surface area contributed by atoms with Crippen LogP contribution < -0.4 is 4.74 Å². The number of benzene rings is 2. The van der Waals surface area contributed by atoms with E-state index >= 15 is 0 Å². The van der Waals surface area contributed by atoms with E-state index in [1.807, 2.05) is 18.9 Å².